The van der Waals surface area contributed by atoms with Gasteiger partial charge in [0.15, 0.2) is 0 Å². The zero-order chi connectivity index (χ0) is 26.6. The molecule has 1 saturated carbocycles. The van der Waals surface area contributed by atoms with Crippen LogP contribution in [0.2, 0.25) is 0 Å². The first-order chi connectivity index (χ1) is 18.5. The minimum atomic E-state index is -0.611. The third-order valence-electron chi connectivity index (χ3n) is 6.58. The summed E-state index contributed by atoms with van der Waals surface area (Å²) in [6.07, 6.45) is 0.952. The Morgan fingerprint density at radius 2 is 1.84 bits per heavy atom. The molecular weight excluding hydrogens is 485 g/mol. The van der Waals surface area contributed by atoms with Crippen LogP contribution in [0.15, 0.2) is 66.7 Å². The molecule has 1 aliphatic carbocycles. The van der Waals surface area contributed by atoms with Crippen molar-refractivity contribution in [2.45, 2.75) is 31.9 Å². The third kappa shape index (κ3) is 5.34. The molecule has 4 aromatic rings. The van der Waals surface area contributed by atoms with Crippen LogP contribution < -0.4 is 10.1 Å². The lowest BCUT2D eigenvalue weighted by atomic mass is 10.1. The van der Waals surface area contributed by atoms with Crippen LogP contribution in [0.25, 0.3) is 22.2 Å². The van der Waals surface area contributed by atoms with Gasteiger partial charge in [-0.2, -0.15) is 5.26 Å². The molecule has 1 aromatic heterocycles. The van der Waals surface area contributed by atoms with E-state index < -0.39 is 12.2 Å². The predicted molar refractivity (Wildman–Crippen MR) is 143 cm³/mol. The molecule has 194 valence electrons. The molecule has 1 heterocycles. The van der Waals surface area contributed by atoms with Gasteiger partial charge in [-0.3, -0.25) is 5.32 Å². The third-order valence-corrected chi connectivity index (χ3v) is 6.58. The van der Waals surface area contributed by atoms with E-state index in [2.05, 4.69) is 16.0 Å². The SMILES string of the molecule is COCCOc1ccc2c(C#N)c(-c3ccc(NC(=O)OC(C)c4ccc(F)cc4)cc3)n(C3CC3)c2c1. The van der Waals surface area contributed by atoms with E-state index in [0.29, 0.717) is 36.1 Å². The second-order valence-corrected chi connectivity index (χ2v) is 9.26. The molecule has 0 bridgehead atoms. The molecule has 1 amide bonds. The molecule has 1 unspecified atom stereocenters. The van der Waals surface area contributed by atoms with Gasteiger partial charge in [0.25, 0.3) is 0 Å². The Morgan fingerprint density at radius 3 is 2.50 bits per heavy atom. The number of nitrogens with one attached hydrogen (secondary N) is 1. The fraction of sp³-hybridized carbons (Fsp3) is 0.267. The van der Waals surface area contributed by atoms with Gasteiger partial charge in [0, 0.05) is 30.3 Å². The van der Waals surface area contributed by atoms with Gasteiger partial charge in [-0.1, -0.05) is 24.3 Å². The molecule has 1 atom stereocenters. The lowest BCUT2D eigenvalue weighted by molar-refractivity contribution is 0.121. The van der Waals surface area contributed by atoms with Crippen LogP contribution in [0.5, 0.6) is 5.75 Å². The van der Waals surface area contributed by atoms with Crippen LogP contribution in [-0.2, 0) is 9.47 Å². The van der Waals surface area contributed by atoms with Crippen molar-refractivity contribution >= 4 is 22.7 Å². The van der Waals surface area contributed by atoms with Gasteiger partial charge in [0.1, 0.15) is 30.3 Å². The quantitative estimate of drug-likeness (QED) is 0.244. The first-order valence-electron chi connectivity index (χ1n) is 12.5. The zero-order valence-electron chi connectivity index (χ0n) is 21.2. The number of nitriles is 1. The van der Waals surface area contributed by atoms with Crippen LogP contribution in [-0.4, -0.2) is 31.0 Å². The van der Waals surface area contributed by atoms with Gasteiger partial charge >= 0.3 is 6.09 Å². The first kappa shape index (κ1) is 25.3. The minimum absolute atomic E-state index is 0.324. The van der Waals surface area contributed by atoms with Crippen molar-refractivity contribution in [2.75, 3.05) is 25.6 Å². The molecule has 1 fully saturated rings. The largest absolute Gasteiger partial charge is 0.491 e. The number of fused-ring (bicyclic) bond motifs is 1. The highest BCUT2D eigenvalue weighted by molar-refractivity contribution is 5.96. The lowest BCUT2D eigenvalue weighted by Gasteiger charge is -2.15. The molecule has 3 aromatic carbocycles. The summed E-state index contributed by atoms with van der Waals surface area (Å²) in [5, 5.41) is 13.7. The van der Waals surface area contributed by atoms with Crippen molar-refractivity contribution < 1.29 is 23.4 Å². The van der Waals surface area contributed by atoms with E-state index in [-0.39, 0.29) is 5.82 Å². The summed E-state index contributed by atoms with van der Waals surface area (Å²) in [4.78, 5) is 12.4. The zero-order valence-corrected chi connectivity index (χ0v) is 21.2. The Morgan fingerprint density at radius 1 is 1.11 bits per heavy atom. The molecule has 7 nitrogen and oxygen atoms in total. The molecule has 0 spiro atoms. The summed E-state index contributed by atoms with van der Waals surface area (Å²) < 4.78 is 31.7. The fourth-order valence-electron chi connectivity index (χ4n) is 4.55. The molecule has 0 radical (unpaired) electrons. The van der Waals surface area contributed by atoms with Gasteiger partial charge in [0.2, 0.25) is 0 Å². The van der Waals surface area contributed by atoms with E-state index in [0.717, 1.165) is 40.8 Å². The van der Waals surface area contributed by atoms with Crippen LogP contribution >= 0.6 is 0 Å². The monoisotopic (exact) mass is 513 g/mol. The Bertz CT molecular complexity index is 1490. The van der Waals surface area contributed by atoms with Gasteiger partial charge in [-0.15, -0.1) is 0 Å². The maximum absolute atomic E-state index is 13.2. The topological polar surface area (TPSA) is 85.5 Å². The van der Waals surface area contributed by atoms with Gasteiger partial charge in [-0.05, 0) is 67.3 Å². The number of carbonyl (C=O) groups excluding carboxylic acids is 1. The molecule has 8 heteroatoms. The molecule has 0 saturated heterocycles. The van der Waals surface area contributed by atoms with Crippen molar-refractivity contribution in [1.82, 2.24) is 4.57 Å². The number of methoxy groups -OCH3 is 1. The van der Waals surface area contributed by atoms with Crippen LogP contribution in [0.4, 0.5) is 14.9 Å². The number of amides is 1. The van der Waals surface area contributed by atoms with E-state index in [4.69, 9.17) is 14.2 Å². The number of carbonyl (C=O) groups is 1. The molecule has 38 heavy (non-hydrogen) atoms. The highest BCUT2D eigenvalue weighted by atomic mass is 19.1. The van der Waals surface area contributed by atoms with E-state index in [1.807, 2.05) is 30.3 Å². The van der Waals surface area contributed by atoms with Crippen molar-refractivity contribution in [3.8, 4) is 23.1 Å². The number of anilines is 1. The van der Waals surface area contributed by atoms with E-state index in [1.54, 1.807) is 38.3 Å². The number of hydrogen-bond acceptors (Lipinski definition) is 5. The molecule has 1 N–H and O–H groups in total. The van der Waals surface area contributed by atoms with Gasteiger partial charge < -0.3 is 18.8 Å². The van der Waals surface area contributed by atoms with Crippen molar-refractivity contribution in [3.05, 3.63) is 83.7 Å². The summed E-state index contributed by atoms with van der Waals surface area (Å²) in [7, 11) is 1.63. The molecule has 1 aliphatic rings. The second kappa shape index (κ2) is 11.0. The second-order valence-electron chi connectivity index (χ2n) is 9.26. The molecule has 0 aliphatic heterocycles. The number of rotatable bonds is 9. The summed E-state index contributed by atoms with van der Waals surface area (Å²) in [6, 6.07) is 21.7. The van der Waals surface area contributed by atoms with E-state index in [9.17, 15) is 14.4 Å². The number of halogens is 1. The minimum Gasteiger partial charge on any atom is -0.491 e. The Kier molecular flexibility index (Phi) is 7.29. The normalized spacial score (nSPS) is 13.6. The summed E-state index contributed by atoms with van der Waals surface area (Å²) in [5.41, 5.74) is 4.58. The standard InChI is InChI=1S/C30H28FN3O4/c1-19(20-3-7-22(31)8-4-20)38-30(35)33-23-9-5-21(6-10-23)29-27(18-32)26-14-13-25(37-16-15-36-2)17-28(26)34(29)24-11-12-24/h3-10,13-14,17,19,24H,11-12,15-16H2,1-2H3,(H,33,35). The van der Waals surface area contributed by atoms with Crippen LogP contribution in [0.1, 0.15) is 43.0 Å². The maximum Gasteiger partial charge on any atom is 0.412 e. The maximum atomic E-state index is 13.2. The number of ether oxygens (including phenoxy) is 3. The predicted octanol–water partition coefficient (Wildman–Crippen LogP) is 6.99. The number of aromatic nitrogens is 1. The van der Waals surface area contributed by atoms with Crippen molar-refractivity contribution in [2.24, 2.45) is 0 Å². The van der Waals surface area contributed by atoms with Crippen LogP contribution in [0.3, 0.4) is 0 Å². The summed E-state index contributed by atoms with van der Waals surface area (Å²) in [6.45, 7) is 2.67. The van der Waals surface area contributed by atoms with Gasteiger partial charge in [0.05, 0.1) is 23.4 Å². The number of nitrogens with zero attached hydrogens (tertiary/aromatic N) is 2. The molecule has 5 rings (SSSR count). The van der Waals surface area contributed by atoms with Gasteiger partial charge in [-0.25, -0.2) is 9.18 Å². The number of benzene rings is 3. The Balaban J connectivity index is 1.38. The first-order valence-corrected chi connectivity index (χ1v) is 12.5. The Labute approximate surface area is 220 Å². The molecular formula is C30H28FN3O4. The fourth-order valence-corrected chi connectivity index (χ4v) is 4.55. The van der Waals surface area contributed by atoms with E-state index in [1.165, 1.54) is 12.1 Å². The van der Waals surface area contributed by atoms with E-state index >= 15 is 0 Å². The van der Waals surface area contributed by atoms with Crippen molar-refractivity contribution in [1.29, 1.82) is 5.26 Å². The smallest absolute Gasteiger partial charge is 0.412 e. The summed E-state index contributed by atoms with van der Waals surface area (Å²) >= 11 is 0. The Hall–Kier alpha value is -4.35. The number of hydrogen-bond donors (Lipinski definition) is 1. The highest BCUT2D eigenvalue weighted by Crippen LogP contribution is 2.45. The average Bonchev–Trinajstić information content (AvgIpc) is 3.70. The lowest BCUT2D eigenvalue weighted by Crippen LogP contribution is -2.16. The highest BCUT2D eigenvalue weighted by Gasteiger charge is 2.30. The van der Waals surface area contributed by atoms with Crippen molar-refractivity contribution in [3.63, 3.8) is 0 Å². The summed E-state index contributed by atoms with van der Waals surface area (Å²) in [5.74, 6) is 0.388. The average molecular weight is 514 g/mol. The van der Waals surface area contributed by atoms with Crippen LogP contribution in [0, 0.1) is 17.1 Å².